The van der Waals surface area contributed by atoms with Crippen LogP contribution in [-0.2, 0) is 9.47 Å². The van der Waals surface area contributed by atoms with Gasteiger partial charge in [0.15, 0.2) is 0 Å². The second kappa shape index (κ2) is 7.39. The molecule has 21 heavy (non-hydrogen) atoms. The van der Waals surface area contributed by atoms with Crippen LogP contribution in [0.1, 0.15) is 50.0 Å². The zero-order valence-corrected chi connectivity index (χ0v) is 12.7. The van der Waals surface area contributed by atoms with Crippen LogP contribution in [0, 0.1) is 0 Å². The van der Waals surface area contributed by atoms with Gasteiger partial charge in [0.2, 0.25) is 0 Å². The van der Waals surface area contributed by atoms with Crippen LogP contribution in [0.4, 0.5) is 0 Å². The van der Waals surface area contributed by atoms with Gasteiger partial charge in [-0.05, 0) is 50.0 Å². The van der Waals surface area contributed by atoms with E-state index in [-0.39, 0.29) is 18.2 Å². The number of rotatable bonds is 4. The van der Waals surface area contributed by atoms with Gasteiger partial charge in [0.05, 0.1) is 18.8 Å². The summed E-state index contributed by atoms with van der Waals surface area (Å²) < 4.78 is 11.9. The third kappa shape index (κ3) is 4.06. The lowest BCUT2D eigenvalue weighted by molar-refractivity contribution is -0.0761. The average Bonchev–Trinajstić information content (AvgIpc) is 2.56. The van der Waals surface area contributed by atoms with Gasteiger partial charge in [-0.15, -0.1) is 0 Å². The van der Waals surface area contributed by atoms with Gasteiger partial charge in [-0.2, -0.15) is 0 Å². The fourth-order valence-electron chi connectivity index (χ4n) is 3.54. The van der Waals surface area contributed by atoms with Crippen LogP contribution in [0.5, 0.6) is 0 Å². The van der Waals surface area contributed by atoms with Gasteiger partial charge in [-0.25, -0.2) is 0 Å². The number of hydrogen-bond acceptors (Lipinski definition) is 3. The average molecular weight is 289 g/mol. The lowest BCUT2D eigenvalue weighted by Gasteiger charge is -2.35. The summed E-state index contributed by atoms with van der Waals surface area (Å²) in [7, 11) is 0. The predicted octanol–water partition coefficient (Wildman–Crippen LogP) is 3.24. The third-order valence-electron chi connectivity index (χ3n) is 4.88. The molecule has 0 bridgehead atoms. The van der Waals surface area contributed by atoms with Crippen molar-refractivity contribution in [1.29, 1.82) is 0 Å². The van der Waals surface area contributed by atoms with Gasteiger partial charge in [0.25, 0.3) is 0 Å². The van der Waals surface area contributed by atoms with Gasteiger partial charge >= 0.3 is 0 Å². The van der Waals surface area contributed by atoms with Gasteiger partial charge in [-0.3, -0.25) is 0 Å². The molecule has 1 aromatic rings. The van der Waals surface area contributed by atoms with E-state index in [1.54, 1.807) is 0 Å². The molecule has 2 aliphatic rings. The molecular weight excluding hydrogens is 262 g/mol. The highest BCUT2D eigenvalue weighted by atomic mass is 16.5. The molecule has 0 spiro atoms. The second-order valence-corrected chi connectivity index (χ2v) is 6.44. The summed E-state index contributed by atoms with van der Waals surface area (Å²) in [5, 5.41) is 0. The Morgan fingerprint density at radius 2 is 1.95 bits per heavy atom. The quantitative estimate of drug-likeness (QED) is 0.925. The highest BCUT2D eigenvalue weighted by Gasteiger charge is 2.30. The molecule has 116 valence electrons. The van der Waals surface area contributed by atoms with Crippen molar-refractivity contribution in [3.05, 3.63) is 35.9 Å². The van der Waals surface area contributed by atoms with Crippen molar-refractivity contribution in [3.8, 4) is 0 Å². The Labute approximate surface area is 127 Å². The molecule has 3 nitrogen and oxygen atoms in total. The fourth-order valence-corrected chi connectivity index (χ4v) is 3.54. The Morgan fingerprint density at radius 1 is 1.10 bits per heavy atom. The summed E-state index contributed by atoms with van der Waals surface area (Å²) in [6.07, 6.45) is 7.30. The monoisotopic (exact) mass is 289 g/mol. The fraction of sp³-hybridized carbons (Fsp3) is 0.667. The molecule has 1 aliphatic heterocycles. The molecule has 3 rings (SSSR count). The van der Waals surface area contributed by atoms with E-state index in [9.17, 15) is 0 Å². The zero-order chi connectivity index (χ0) is 14.5. The van der Waals surface area contributed by atoms with Crippen molar-refractivity contribution in [1.82, 2.24) is 0 Å². The first-order chi connectivity index (χ1) is 10.3. The van der Waals surface area contributed by atoms with Crippen molar-refractivity contribution in [3.63, 3.8) is 0 Å². The topological polar surface area (TPSA) is 44.5 Å². The van der Waals surface area contributed by atoms with E-state index in [1.165, 1.54) is 24.8 Å². The third-order valence-corrected chi connectivity index (χ3v) is 4.88. The Bertz CT molecular complexity index is 416. The summed E-state index contributed by atoms with van der Waals surface area (Å²) in [5.74, 6) is 0.586. The van der Waals surface area contributed by atoms with Crippen LogP contribution >= 0.6 is 0 Å². The minimum absolute atomic E-state index is 0.175. The summed E-state index contributed by atoms with van der Waals surface area (Å²) in [6.45, 7) is 1.59. The summed E-state index contributed by atoms with van der Waals surface area (Å²) in [6, 6.07) is 10.9. The van der Waals surface area contributed by atoms with Crippen LogP contribution in [0.2, 0.25) is 0 Å². The van der Waals surface area contributed by atoms with Crippen molar-refractivity contribution < 1.29 is 9.47 Å². The molecule has 1 aromatic carbocycles. The number of nitrogens with two attached hydrogens (primary N) is 1. The first-order valence-electron chi connectivity index (χ1n) is 8.36. The molecule has 0 radical (unpaired) electrons. The van der Waals surface area contributed by atoms with Crippen LogP contribution in [0.15, 0.2) is 30.3 Å². The molecule has 0 amide bonds. The van der Waals surface area contributed by atoms with Crippen molar-refractivity contribution in [2.45, 2.75) is 62.7 Å². The summed E-state index contributed by atoms with van der Waals surface area (Å²) >= 11 is 0. The maximum Gasteiger partial charge on any atom is 0.0808 e. The SMILES string of the molecule is NC1CCC(c2ccccc2)CC1OCC1CCCCO1. The van der Waals surface area contributed by atoms with Gasteiger partial charge in [-0.1, -0.05) is 30.3 Å². The summed E-state index contributed by atoms with van der Waals surface area (Å²) in [4.78, 5) is 0. The standard InChI is InChI=1S/C18H27NO2/c19-17-10-9-15(14-6-2-1-3-7-14)12-18(17)21-13-16-8-4-5-11-20-16/h1-3,6-7,15-18H,4-5,8-13,19H2. The maximum atomic E-state index is 6.27. The van der Waals surface area contributed by atoms with Gasteiger partial charge in [0, 0.05) is 12.6 Å². The summed E-state index contributed by atoms with van der Waals surface area (Å²) in [5.41, 5.74) is 7.69. The van der Waals surface area contributed by atoms with Crippen LogP contribution in [0.3, 0.4) is 0 Å². The van der Waals surface area contributed by atoms with E-state index in [0.29, 0.717) is 12.5 Å². The molecular formula is C18H27NO2. The van der Waals surface area contributed by atoms with E-state index in [4.69, 9.17) is 15.2 Å². The second-order valence-electron chi connectivity index (χ2n) is 6.44. The molecule has 3 heteroatoms. The number of benzene rings is 1. The van der Waals surface area contributed by atoms with E-state index in [1.807, 2.05) is 0 Å². The number of ether oxygens (including phenoxy) is 2. The normalized spacial score (nSPS) is 33.8. The molecule has 1 aliphatic carbocycles. The van der Waals surface area contributed by atoms with Crippen LogP contribution in [-0.4, -0.2) is 31.5 Å². The molecule has 1 saturated heterocycles. The van der Waals surface area contributed by atoms with Crippen molar-refractivity contribution >= 4 is 0 Å². The Kier molecular flexibility index (Phi) is 5.28. The van der Waals surface area contributed by atoms with E-state index < -0.39 is 0 Å². The van der Waals surface area contributed by atoms with Crippen LogP contribution in [0.25, 0.3) is 0 Å². The first-order valence-corrected chi connectivity index (χ1v) is 8.36. The molecule has 1 saturated carbocycles. The molecule has 2 fully saturated rings. The van der Waals surface area contributed by atoms with Gasteiger partial charge in [0.1, 0.15) is 0 Å². The Hall–Kier alpha value is -0.900. The lowest BCUT2D eigenvalue weighted by atomic mass is 9.80. The van der Waals surface area contributed by atoms with Gasteiger partial charge < -0.3 is 15.2 Å². The highest BCUT2D eigenvalue weighted by molar-refractivity contribution is 5.20. The first kappa shape index (κ1) is 15.0. The maximum absolute atomic E-state index is 6.27. The van der Waals surface area contributed by atoms with Crippen molar-refractivity contribution in [2.75, 3.05) is 13.2 Å². The largest absolute Gasteiger partial charge is 0.376 e. The minimum atomic E-state index is 0.175. The minimum Gasteiger partial charge on any atom is -0.376 e. The molecule has 1 heterocycles. The molecule has 0 aromatic heterocycles. The zero-order valence-electron chi connectivity index (χ0n) is 12.7. The Morgan fingerprint density at radius 3 is 2.71 bits per heavy atom. The van der Waals surface area contributed by atoms with E-state index >= 15 is 0 Å². The lowest BCUT2D eigenvalue weighted by Crippen LogP contribution is -2.43. The predicted molar refractivity (Wildman–Crippen MR) is 84.3 cm³/mol. The molecule has 4 unspecified atom stereocenters. The highest BCUT2D eigenvalue weighted by Crippen LogP contribution is 2.34. The van der Waals surface area contributed by atoms with Crippen molar-refractivity contribution in [2.24, 2.45) is 5.73 Å². The van der Waals surface area contributed by atoms with Crippen LogP contribution < -0.4 is 5.73 Å². The molecule has 4 atom stereocenters. The van der Waals surface area contributed by atoms with E-state index in [2.05, 4.69) is 30.3 Å². The smallest absolute Gasteiger partial charge is 0.0808 e. The molecule has 2 N–H and O–H groups in total. The van der Waals surface area contributed by atoms with E-state index in [0.717, 1.165) is 25.9 Å². The number of hydrogen-bond donors (Lipinski definition) is 1. The Balaban J connectivity index is 1.53.